The average Bonchev–Trinajstić information content (AvgIpc) is 2.33. The molecule has 1 aliphatic heterocycles. The monoisotopic (exact) mass is 234 g/mol. The lowest BCUT2D eigenvalue weighted by molar-refractivity contribution is 0.199. The molecule has 0 saturated carbocycles. The number of aliphatic hydroxyl groups is 1. The van der Waals surface area contributed by atoms with Gasteiger partial charge in [0.15, 0.2) is 0 Å². The summed E-state index contributed by atoms with van der Waals surface area (Å²) in [4.78, 5) is 6.75. The molecule has 0 amide bonds. The van der Waals surface area contributed by atoms with Crippen molar-refractivity contribution in [1.29, 1.82) is 0 Å². The van der Waals surface area contributed by atoms with Crippen LogP contribution in [0.25, 0.3) is 0 Å². The standard InChI is InChI=1S/C14H22N2O/c1-10-5-7-16(9-11(10)2)14-8-13(12(3)17)4-6-15-14/h4,6,8,10-12,17H,5,7,9H2,1-3H3. The van der Waals surface area contributed by atoms with Gasteiger partial charge in [0.05, 0.1) is 6.10 Å². The van der Waals surface area contributed by atoms with E-state index in [4.69, 9.17) is 0 Å². The van der Waals surface area contributed by atoms with Gasteiger partial charge in [-0.1, -0.05) is 13.8 Å². The highest BCUT2D eigenvalue weighted by molar-refractivity contribution is 5.42. The van der Waals surface area contributed by atoms with Crippen LogP contribution in [0.4, 0.5) is 5.82 Å². The number of piperidine rings is 1. The molecule has 0 bridgehead atoms. The molecule has 3 atom stereocenters. The van der Waals surface area contributed by atoms with Crippen molar-refractivity contribution in [3.63, 3.8) is 0 Å². The van der Waals surface area contributed by atoms with Crippen LogP contribution in [-0.4, -0.2) is 23.2 Å². The molecular formula is C14H22N2O. The summed E-state index contributed by atoms with van der Waals surface area (Å²) in [6.45, 7) is 8.55. The first-order chi connectivity index (χ1) is 8.08. The molecular weight excluding hydrogens is 212 g/mol. The second kappa shape index (κ2) is 5.05. The highest BCUT2D eigenvalue weighted by Gasteiger charge is 2.23. The summed E-state index contributed by atoms with van der Waals surface area (Å²) >= 11 is 0. The number of hydrogen-bond donors (Lipinski definition) is 1. The third kappa shape index (κ3) is 2.78. The van der Waals surface area contributed by atoms with Crippen molar-refractivity contribution < 1.29 is 5.11 Å². The van der Waals surface area contributed by atoms with E-state index in [1.54, 1.807) is 13.1 Å². The van der Waals surface area contributed by atoms with Gasteiger partial charge in [-0.25, -0.2) is 4.98 Å². The summed E-state index contributed by atoms with van der Waals surface area (Å²) in [7, 11) is 0. The molecule has 1 aromatic heterocycles. The topological polar surface area (TPSA) is 36.4 Å². The van der Waals surface area contributed by atoms with E-state index in [1.807, 2.05) is 12.1 Å². The molecule has 1 saturated heterocycles. The van der Waals surface area contributed by atoms with E-state index in [-0.39, 0.29) is 0 Å². The van der Waals surface area contributed by atoms with Crippen LogP contribution in [0.3, 0.4) is 0 Å². The minimum absolute atomic E-state index is 0.419. The Morgan fingerprint density at radius 1 is 1.41 bits per heavy atom. The van der Waals surface area contributed by atoms with Crippen molar-refractivity contribution in [2.24, 2.45) is 11.8 Å². The Kier molecular flexibility index (Phi) is 3.67. The predicted octanol–water partition coefficient (Wildman–Crippen LogP) is 2.62. The Balaban J connectivity index is 2.14. The Hall–Kier alpha value is -1.09. The van der Waals surface area contributed by atoms with E-state index in [9.17, 15) is 5.11 Å². The number of pyridine rings is 1. The van der Waals surface area contributed by atoms with Crippen LogP contribution in [0, 0.1) is 11.8 Å². The maximum absolute atomic E-state index is 9.59. The molecule has 2 rings (SSSR count). The van der Waals surface area contributed by atoms with Gasteiger partial charge >= 0.3 is 0 Å². The third-order valence-corrected chi connectivity index (χ3v) is 3.91. The zero-order valence-electron chi connectivity index (χ0n) is 10.9. The third-order valence-electron chi connectivity index (χ3n) is 3.91. The van der Waals surface area contributed by atoms with E-state index < -0.39 is 6.10 Å². The fourth-order valence-electron chi connectivity index (χ4n) is 2.34. The van der Waals surface area contributed by atoms with E-state index >= 15 is 0 Å². The second-order valence-corrected chi connectivity index (χ2v) is 5.31. The molecule has 3 heteroatoms. The van der Waals surface area contributed by atoms with Crippen LogP contribution < -0.4 is 4.90 Å². The van der Waals surface area contributed by atoms with Gasteiger partial charge in [-0.3, -0.25) is 0 Å². The second-order valence-electron chi connectivity index (χ2n) is 5.31. The zero-order chi connectivity index (χ0) is 12.4. The first-order valence-corrected chi connectivity index (χ1v) is 6.47. The first-order valence-electron chi connectivity index (χ1n) is 6.47. The van der Waals surface area contributed by atoms with Gasteiger partial charge < -0.3 is 10.0 Å². The SMILES string of the molecule is CC(O)c1ccnc(N2CCC(C)C(C)C2)c1. The van der Waals surface area contributed by atoms with Crippen LogP contribution >= 0.6 is 0 Å². The van der Waals surface area contributed by atoms with E-state index in [2.05, 4.69) is 23.7 Å². The van der Waals surface area contributed by atoms with Crippen molar-refractivity contribution in [3.05, 3.63) is 23.9 Å². The van der Waals surface area contributed by atoms with Gasteiger partial charge in [0.2, 0.25) is 0 Å². The summed E-state index contributed by atoms with van der Waals surface area (Å²) in [5.74, 6) is 2.51. The molecule has 3 nitrogen and oxygen atoms in total. The molecule has 1 fully saturated rings. The summed E-state index contributed by atoms with van der Waals surface area (Å²) in [6.07, 6.45) is 2.60. The highest BCUT2D eigenvalue weighted by Crippen LogP contribution is 2.26. The Bertz CT molecular complexity index is 378. The summed E-state index contributed by atoms with van der Waals surface area (Å²) in [5, 5.41) is 9.59. The minimum Gasteiger partial charge on any atom is -0.389 e. The summed E-state index contributed by atoms with van der Waals surface area (Å²) < 4.78 is 0. The van der Waals surface area contributed by atoms with Crippen LogP contribution in [0.5, 0.6) is 0 Å². The lowest BCUT2D eigenvalue weighted by atomic mass is 9.89. The fourth-order valence-corrected chi connectivity index (χ4v) is 2.34. The number of anilines is 1. The first kappa shape index (κ1) is 12.4. The summed E-state index contributed by atoms with van der Waals surface area (Å²) in [5.41, 5.74) is 0.946. The van der Waals surface area contributed by atoms with E-state index in [1.165, 1.54) is 6.42 Å². The Labute approximate surface area is 103 Å². The molecule has 1 N–H and O–H groups in total. The van der Waals surface area contributed by atoms with Crippen LogP contribution in [0.2, 0.25) is 0 Å². The Morgan fingerprint density at radius 3 is 2.82 bits per heavy atom. The van der Waals surface area contributed by atoms with Crippen molar-refractivity contribution in [1.82, 2.24) is 4.98 Å². The average molecular weight is 234 g/mol. The minimum atomic E-state index is -0.419. The van der Waals surface area contributed by atoms with Crippen LogP contribution in [0.15, 0.2) is 18.3 Å². The number of rotatable bonds is 2. The van der Waals surface area contributed by atoms with Gasteiger partial charge in [0, 0.05) is 19.3 Å². The lowest BCUT2D eigenvalue weighted by Gasteiger charge is -2.36. The van der Waals surface area contributed by atoms with Gasteiger partial charge in [-0.05, 0) is 42.9 Å². The van der Waals surface area contributed by atoms with Crippen LogP contribution in [-0.2, 0) is 0 Å². The number of aliphatic hydroxyl groups excluding tert-OH is 1. The largest absolute Gasteiger partial charge is 0.389 e. The van der Waals surface area contributed by atoms with E-state index in [0.29, 0.717) is 5.92 Å². The Morgan fingerprint density at radius 2 is 2.18 bits per heavy atom. The van der Waals surface area contributed by atoms with Crippen molar-refractivity contribution in [2.45, 2.75) is 33.3 Å². The number of nitrogens with zero attached hydrogens (tertiary/aromatic N) is 2. The van der Waals surface area contributed by atoms with Crippen molar-refractivity contribution >= 4 is 5.82 Å². The number of hydrogen-bond acceptors (Lipinski definition) is 3. The molecule has 0 spiro atoms. The lowest BCUT2D eigenvalue weighted by Crippen LogP contribution is -2.38. The molecule has 1 aliphatic rings. The molecule has 0 aliphatic carbocycles. The van der Waals surface area contributed by atoms with Gasteiger partial charge in [0.25, 0.3) is 0 Å². The highest BCUT2D eigenvalue weighted by atomic mass is 16.3. The fraction of sp³-hybridized carbons (Fsp3) is 0.643. The molecule has 3 unspecified atom stereocenters. The van der Waals surface area contributed by atoms with Crippen LogP contribution in [0.1, 0.15) is 38.9 Å². The number of aromatic nitrogens is 1. The van der Waals surface area contributed by atoms with Crippen molar-refractivity contribution in [3.8, 4) is 0 Å². The van der Waals surface area contributed by atoms with Gasteiger partial charge in [-0.2, -0.15) is 0 Å². The summed E-state index contributed by atoms with van der Waals surface area (Å²) in [6, 6.07) is 3.89. The normalized spacial score (nSPS) is 26.9. The van der Waals surface area contributed by atoms with Crippen molar-refractivity contribution in [2.75, 3.05) is 18.0 Å². The maximum atomic E-state index is 9.59. The molecule has 0 radical (unpaired) electrons. The van der Waals surface area contributed by atoms with Gasteiger partial charge in [0.1, 0.15) is 5.82 Å². The molecule has 1 aromatic rings. The zero-order valence-corrected chi connectivity index (χ0v) is 10.9. The molecule has 94 valence electrons. The predicted molar refractivity (Wildman–Crippen MR) is 70.0 cm³/mol. The molecule has 0 aromatic carbocycles. The smallest absolute Gasteiger partial charge is 0.128 e. The molecule has 17 heavy (non-hydrogen) atoms. The quantitative estimate of drug-likeness (QED) is 0.854. The van der Waals surface area contributed by atoms with Gasteiger partial charge in [-0.15, -0.1) is 0 Å². The van der Waals surface area contributed by atoms with E-state index in [0.717, 1.165) is 30.4 Å². The molecule has 2 heterocycles. The maximum Gasteiger partial charge on any atom is 0.128 e.